The van der Waals surface area contributed by atoms with Crippen LogP contribution in [0.1, 0.15) is 36.0 Å². The van der Waals surface area contributed by atoms with E-state index >= 15 is 0 Å². The molecular weight excluding hydrogens is 325 g/mol. The van der Waals surface area contributed by atoms with E-state index < -0.39 is 5.82 Å². The Morgan fingerprint density at radius 1 is 1.45 bits per heavy atom. The van der Waals surface area contributed by atoms with Crippen molar-refractivity contribution >= 4 is 21.8 Å². The number of benzene rings is 1. The quantitative estimate of drug-likeness (QED) is 0.830. The number of carbonyl (C=O) groups excluding carboxylic acids is 1. The highest BCUT2D eigenvalue weighted by molar-refractivity contribution is 9.09. The molecule has 110 valence electrons. The van der Waals surface area contributed by atoms with Crippen molar-refractivity contribution in [2.45, 2.75) is 25.7 Å². The van der Waals surface area contributed by atoms with Crippen molar-refractivity contribution in [1.82, 2.24) is 5.32 Å². The molecule has 1 amide bonds. The van der Waals surface area contributed by atoms with E-state index in [-0.39, 0.29) is 16.9 Å². The second-order valence-corrected chi connectivity index (χ2v) is 5.93. The van der Waals surface area contributed by atoms with E-state index in [4.69, 9.17) is 4.74 Å². The molecule has 0 unspecified atom stereocenters. The lowest BCUT2D eigenvalue weighted by Gasteiger charge is -2.26. The fraction of sp³-hybridized carbons (Fsp3) is 0.533. The lowest BCUT2D eigenvalue weighted by atomic mass is 9.89. The largest absolute Gasteiger partial charge is 0.497 e. The minimum Gasteiger partial charge on any atom is -0.497 e. The average molecular weight is 344 g/mol. The van der Waals surface area contributed by atoms with Gasteiger partial charge in [-0.15, -0.1) is 0 Å². The standard InChI is InChI=1S/C15H19BrFNO2/c1-20-11-4-5-12(13(17)8-11)14(19)18-10-15(9-16)6-2-3-7-15/h4-5,8H,2-3,6-7,9-10H2,1H3,(H,18,19). The van der Waals surface area contributed by atoms with Gasteiger partial charge in [0.1, 0.15) is 11.6 Å². The van der Waals surface area contributed by atoms with Crippen molar-refractivity contribution in [3.05, 3.63) is 29.6 Å². The minimum atomic E-state index is -0.554. The SMILES string of the molecule is COc1ccc(C(=O)NCC2(CBr)CCCC2)c(F)c1. The first-order valence-electron chi connectivity index (χ1n) is 6.78. The third-order valence-electron chi connectivity index (χ3n) is 3.99. The van der Waals surface area contributed by atoms with Gasteiger partial charge in [-0.05, 0) is 30.4 Å². The maximum absolute atomic E-state index is 13.8. The van der Waals surface area contributed by atoms with E-state index in [1.807, 2.05) is 0 Å². The highest BCUT2D eigenvalue weighted by Crippen LogP contribution is 2.39. The molecule has 0 aromatic heterocycles. The molecule has 1 aromatic rings. The Balaban J connectivity index is 2.01. The zero-order valence-electron chi connectivity index (χ0n) is 11.5. The van der Waals surface area contributed by atoms with Crippen molar-refractivity contribution in [3.8, 4) is 5.75 Å². The van der Waals surface area contributed by atoms with Crippen molar-refractivity contribution in [1.29, 1.82) is 0 Å². The molecule has 0 aliphatic heterocycles. The van der Waals surface area contributed by atoms with Gasteiger partial charge in [0.05, 0.1) is 12.7 Å². The molecule has 1 saturated carbocycles. The Labute approximate surface area is 127 Å². The molecule has 1 aliphatic carbocycles. The van der Waals surface area contributed by atoms with Crippen LogP contribution in [0.5, 0.6) is 5.75 Å². The second-order valence-electron chi connectivity index (χ2n) is 5.37. The zero-order chi connectivity index (χ0) is 14.6. The van der Waals surface area contributed by atoms with Gasteiger partial charge in [-0.3, -0.25) is 4.79 Å². The van der Waals surface area contributed by atoms with Crippen LogP contribution >= 0.6 is 15.9 Å². The van der Waals surface area contributed by atoms with Crippen molar-refractivity contribution in [2.24, 2.45) is 5.41 Å². The topological polar surface area (TPSA) is 38.3 Å². The maximum Gasteiger partial charge on any atom is 0.254 e. The Kier molecular flexibility index (Phi) is 5.02. The van der Waals surface area contributed by atoms with Crippen LogP contribution in [-0.2, 0) is 0 Å². The summed E-state index contributed by atoms with van der Waals surface area (Å²) in [4.78, 5) is 12.1. The summed E-state index contributed by atoms with van der Waals surface area (Å²) < 4.78 is 18.7. The van der Waals surface area contributed by atoms with Crippen molar-refractivity contribution in [2.75, 3.05) is 19.0 Å². The number of halogens is 2. The molecule has 0 radical (unpaired) electrons. The number of nitrogens with one attached hydrogen (secondary N) is 1. The third kappa shape index (κ3) is 3.32. The van der Waals surface area contributed by atoms with Gasteiger partial charge in [0.2, 0.25) is 0 Å². The van der Waals surface area contributed by atoms with Crippen molar-refractivity contribution < 1.29 is 13.9 Å². The molecule has 3 nitrogen and oxygen atoms in total. The van der Waals surface area contributed by atoms with Crippen LogP contribution in [0.15, 0.2) is 18.2 Å². The molecule has 2 rings (SSSR count). The predicted molar refractivity (Wildman–Crippen MR) is 80.0 cm³/mol. The van der Waals surface area contributed by atoms with Crippen LogP contribution in [0.3, 0.4) is 0 Å². The Bertz CT molecular complexity index is 487. The normalized spacial score (nSPS) is 16.9. The summed E-state index contributed by atoms with van der Waals surface area (Å²) in [6, 6.07) is 4.28. The van der Waals surface area contributed by atoms with Crippen LogP contribution in [0.2, 0.25) is 0 Å². The molecule has 5 heteroatoms. The number of carbonyl (C=O) groups is 1. The summed E-state index contributed by atoms with van der Waals surface area (Å²) in [5.41, 5.74) is 0.187. The number of rotatable bonds is 5. The molecule has 0 heterocycles. The van der Waals surface area contributed by atoms with Gasteiger partial charge in [0, 0.05) is 17.9 Å². The second kappa shape index (κ2) is 6.57. The maximum atomic E-state index is 13.8. The molecule has 1 N–H and O–H groups in total. The van der Waals surface area contributed by atoms with Crippen LogP contribution in [0.25, 0.3) is 0 Å². The van der Waals surface area contributed by atoms with Crippen LogP contribution in [-0.4, -0.2) is 24.9 Å². The van der Waals surface area contributed by atoms with Gasteiger partial charge in [-0.25, -0.2) is 4.39 Å². The molecule has 0 atom stereocenters. The Morgan fingerprint density at radius 2 is 2.15 bits per heavy atom. The highest BCUT2D eigenvalue weighted by Gasteiger charge is 2.33. The van der Waals surface area contributed by atoms with Gasteiger partial charge in [0.25, 0.3) is 5.91 Å². The minimum absolute atomic E-state index is 0.0634. The first-order valence-corrected chi connectivity index (χ1v) is 7.90. The van der Waals surface area contributed by atoms with Crippen LogP contribution in [0.4, 0.5) is 4.39 Å². The fourth-order valence-corrected chi connectivity index (χ4v) is 3.41. The summed E-state index contributed by atoms with van der Waals surface area (Å²) in [5, 5.41) is 3.73. The predicted octanol–water partition coefficient (Wildman–Crippen LogP) is 3.52. The van der Waals surface area contributed by atoms with E-state index in [0.29, 0.717) is 12.3 Å². The molecule has 1 aliphatic rings. The van der Waals surface area contributed by atoms with Gasteiger partial charge >= 0.3 is 0 Å². The average Bonchev–Trinajstić information content (AvgIpc) is 2.94. The van der Waals surface area contributed by atoms with Gasteiger partial charge in [-0.2, -0.15) is 0 Å². The van der Waals surface area contributed by atoms with E-state index in [1.54, 1.807) is 6.07 Å². The third-order valence-corrected chi connectivity index (χ3v) is 5.18. The molecule has 20 heavy (non-hydrogen) atoms. The summed E-state index contributed by atoms with van der Waals surface area (Å²) >= 11 is 3.53. The lowest BCUT2D eigenvalue weighted by Crippen LogP contribution is -2.37. The van der Waals surface area contributed by atoms with Crippen LogP contribution < -0.4 is 10.1 Å². The van der Waals surface area contributed by atoms with Crippen molar-refractivity contribution in [3.63, 3.8) is 0 Å². The van der Waals surface area contributed by atoms with Gasteiger partial charge in [-0.1, -0.05) is 28.8 Å². The number of methoxy groups -OCH3 is 1. The lowest BCUT2D eigenvalue weighted by molar-refractivity contribution is 0.0931. The van der Waals surface area contributed by atoms with E-state index in [2.05, 4.69) is 21.2 Å². The molecule has 0 saturated heterocycles. The molecule has 1 aromatic carbocycles. The van der Waals surface area contributed by atoms with Gasteiger partial charge < -0.3 is 10.1 Å². The number of hydrogen-bond acceptors (Lipinski definition) is 2. The molecular formula is C15H19BrFNO2. The summed E-state index contributed by atoms with van der Waals surface area (Å²) in [6.45, 7) is 0.586. The summed E-state index contributed by atoms with van der Waals surface area (Å²) in [7, 11) is 1.47. The number of ether oxygens (including phenoxy) is 1. The fourth-order valence-electron chi connectivity index (χ4n) is 2.65. The number of hydrogen-bond donors (Lipinski definition) is 1. The summed E-state index contributed by atoms with van der Waals surface area (Å²) in [6.07, 6.45) is 4.59. The molecule has 0 spiro atoms. The Hall–Kier alpha value is -1.10. The number of alkyl halides is 1. The molecule has 1 fully saturated rings. The first kappa shape index (κ1) is 15.3. The Morgan fingerprint density at radius 3 is 2.70 bits per heavy atom. The highest BCUT2D eigenvalue weighted by atomic mass is 79.9. The summed E-state index contributed by atoms with van der Waals surface area (Å²) in [5.74, 6) is -0.509. The first-order chi connectivity index (χ1) is 9.60. The molecule has 0 bridgehead atoms. The monoisotopic (exact) mass is 343 g/mol. The van der Waals surface area contributed by atoms with Crippen LogP contribution in [0, 0.1) is 11.2 Å². The van der Waals surface area contributed by atoms with E-state index in [1.165, 1.54) is 32.1 Å². The number of amides is 1. The smallest absolute Gasteiger partial charge is 0.254 e. The van der Waals surface area contributed by atoms with E-state index in [9.17, 15) is 9.18 Å². The van der Waals surface area contributed by atoms with E-state index in [0.717, 1.165) is 18.2 Å². The van der Waals surface area contributed by atoms with Gasteiger partial charge in [0.15, 0.2) is 0 Å². The zero-order valence-corrected chi connectivity index (χ0v) is 13.1.